The number of aromatic nitrogens is 3. The van der Waals surface area contributed by atoms with E-state index in [-0.39, 0.29) is 11.7 Å². The summed E-state index contributed by atoms with van der Waals surface area (Å²) in [5.41, 5.74) is 0.975. The van der Waals surface area contributed by atoms with Crippen molar-refractivity contribution in [3.63, 3.8) is 0 Å². The van der Waals surface area contributed by atoms with Crippen molar-refractivity contribution >= 4 is 23.6 Å². The van der Waals surface area contributed by atoms with Crippen molar-refractivity contribution in [1.29, 1.82) is 0 Å². The van der Waals surface area contributed by atoms with Crippen LogP contribution >= 0.6 is 11.8 Å². The molecule has 1 amide bonds. The number of rotatable bonds is 9. The van der Waals surface area contributed by atoms with Crippen LogP contribution in [0.25, 0.3) is 0 Å². The van der Waals surface area contributed by atoms with E-state index in [4.69, 9.17) is 9.15 Å². The van der Waals surface area contributed by atoms with Gasteiger partial charge in [0.1, 0.15) is 11.5 Å². The first kappa shape index (κ1) is 24.2. The normalized spacial score (nSPS) is 18.2. The second-order valence-corrected chi connectivity index (χ2v) is 10.1. The summed E-state index contributed by atoms with van der Waals surface area (Å²) in [5.74, 6) is 3.94. The van der Waals surface area contributed by atoms with Crippen LogP contribution in [-0.4, -0.2) is 58.6 Å². The van der Waals surface area contributed by atoms with E-state index in [1.54, 1.807) is 18.3 Å². The lowest BCUT2D eigenvalue weighted by molar-refractivity contribution is -0.127. The summed E-state index contributed by atoms with van der Waals surface area (Å²) in [6, 6.07) is 11.6. The third kappa shape index (κ3) is 5.75. The number of amides is 1. The molecule has 9 heteroatoms. The van der Waals surface area contributed by atoms with Gasteiger partial charge in [0.15, 0.2) is 5.16 Å². The van der Waals surface area contributed by atoms with Crippen molar-refractivity contribution in [2.45, 2.75) is 38.5 Å². The molecule has 3 aromatic rings. The van der Waals surface area contributed by atoms with Gasteiger partial charge in [0.05, 0.1) is 25.7 Å². The van der Waals surface area contributed by atoms with Gasteiger partial charge < -0.3 is 19.0 Å². The number of benzene rings is 1. The molecule has 3 heterocycles. The Morgan fingerprint density at radius 1 is 1.18 bits per heavy atom. The van der Waals surface area contributed by atoms with E-state index in [0.717, 1.165) is 41.3 Å². The minimum Gasteiger partial charge on any atom is -0.496 e. The Morgan fingerprint density at radius 3 is 2.65 bits per heavy atom. The fourth-order valence-electron chi connectivity index (χ4n) is 4.56. The third-order valence-corrected chi connectivity index (χ3v) is 7.05. The summed E-state index contributed by atoms with van der Waals surface area (Å²) < 4.78 is 13.1. The molecule has 0 aliphatic carbocycles. The number of carbonyl (C=O) groups excluding carboxylic acids is 1. The first-order chi connectivity index (χ1) is 16.4. The SMILES string of the molecule is COc1ccccc1CN(C)C(=O)CSc1nnc(N2CC(C)CC(C)C2)n1Cc1ccco1. The lowest BCUT2D eigenvalue weighted by atomic mass is 9.92. The van der Waals surface area contributed by atoms with Gasteiger partial charge in [-0.05, 0) is 36.5 Å². The van der Waals surface area contributed by atoms with Crippen LogP contribution in [0.3, 0.4) is 0 Å². The maximum Gasteiger partial charge on any atom is 0.233 e. The van der Waals surface area contributed by atoms with Gasteiger partial charge in [-0.2, -0.15) is 0 Å². The van der Waals surface area contributed by atoms with Crippen molar-refractivity contribution in [1.82, 2.24) is 19.7 Å². The van der Waals surface area contributed by atoms with Crippen LogP contribution in [0, 0.1) is 11.8 Å². The molecule has 1 aliphatic heterocycles. The van der Waals surface area contributed by atoms with Crippen LogP contribution < -0.4 is 9.64 Å². The summed E-state index contributed by atoms with van der Waals surface area (Å²) >= 11 is 1.41. The molecule has 182 valence electrons. The minimum atomic E-state index is 0.0187. The number of nitrogens with zero attached hydrogens (tertiary/aromatic N) is 5. The minimum absolute atomic E-state index is 0.0187. The number of hydrogen-bond donors (Lipinski definition) is 0. The highest BCUT2D eigenvalue weighted by Crippen LogP contribution is 2.29. The molecule has 0 N–H and O–H groups in total. The second-order valence-electron chi connectivity index (χ2n) is 9.15. The standard InChI is InChI=1S/C25H33N5O3S/c1-18-12-19(2)14-29(13-18)24-26-27-25(30(24)16-21-9-7-11-33-21)34-17-23(31)28(3)15-20-8-5-6-10-22(20)32-4/h5-11,18-19H,12-17H2,1-4H3. The van der Waals surface area contributed by atoms with Crippen LogP contribution in [0.4, 0.5) is 5.95 Å². The Balaban J connectivity index is 1.47. The van der Waals surface area contributed by atoms with Crippen molar-refractivity contribution in [2.75, 3.05) is 37.9 Å². The fraction of sp³-hybridized carbons (Fsp3) is 0.480. The van der Waals surface area contributed by atoms with Gasteiger partial charge in [0, 0.05) is 32.2 Å². The topological polar surface area (TPSA) is 76.6 Å². The highest BCUT2D eigenvalue weighted by molar-refractivity contribution is 7.99. The number of furan rings is 1. The summed E-state index contributed by atoms with van der Waals surface area (Å²) in [5, 5.41) is 9.72. The molecule has 1 aliphatic rings. The van der Waals surface area contributed by atoms with E-state index in [1.165, 1.54) is 18.2 Å². The highest BCUT2D eigenvalue weighted by Gasteiger charge is 2.27. The van der Waals surface area contributed by atoms with Gasteiger partial charge in [-0.15, -0.1) is 10.2 Å². The van der Waals surface area contributed by atoms with Gasteiger partial charge >= 0.3 is 0 Å². The molecule has 2 atom stereocenters. The Labute approximate surface area is 205 Å². The lowest BCUT2D eigenvalue weighted by Gasteiger charge is -2.35. The Bertz CT molecular complexity index is 1070. The van der Waals surface area contributed by atoms with Crippen LogP contribution in [0.15, 0.2) is 52.2 Å². The van der Waals surface area contributed by atoms with Crippen LogP contribution in [-0.2, 0) is 17.9 Å². The zero-order valence-electron chi connectivity index (χ0n) is 20.3. The van der Waals surface area contributed by atoms with Crippen molar-refractivity contribution in [3.8, 4) is 5.75 Å². The Hall–Kier alpha value is -2.94. The van der Waals surface area contributed by atoms with Crippen molar-refractivity contribution in [2.24, 2.45) is 11.8 Å². The molecule has 1 fully saturated rings. The van der Waals surface area contributed by atoms with Crippen LogP contribution in [0.5, 0.6) is 5.75 Å². The molecule has 0 spiro atoms. The summed E-state index contributed by atoms with van der Waals surface area (Å²) in [6.07, 6.45) is 2.89. The van der Waals surface area contributed by atoms with Crippen LogP contribution in [0.1, 0.15) is 31.6 Å². The molecule has 0 radical (unpaired) electrons. The predicted octanol–water partition coefficient (Wildman–Crippen LogP) is 4.16. The van der Waals surface area contributed by atoms with E-state index in [2.05, 4.69) is 33.5 Å². The van der Waals surface area contributed by atoms with Gasteiger partial charge in [-0.25, -0.2) is 0 Å². The number of thioether (sulfide) groups is 1. The molecular weight excluding hydrogens is 450 g/mol. The van der Waals surface area contributed by atoms with Gasteiger partial charge in [0.2, 0.25) is 11.9 Å². The number of carbonyl (C=O) groups is 1. The quantitative estimate of drug-likeness (QED) is 0.423. The smallest absolute Gasteiger partial charge is 0.233 e. The highest BCUT2D eigenvalue weighted by atomic mass is 32.2. The molecule has 0 saturated carbocycles. The maximum atomic E-state index is 12.9. The van der Waals surface area contributed by atoms with Crippen molar-refractivity contribution in [3.05, 3.63) is 54.0 Å². The summed E-state index contributed by atoms with van der Waals surface area (Å²) in [7, 11) is 3.45. The number of ether oxygens (including phenoxy) is 1. The largest absolute Gasteiger partial charge is 0.496 e. The molecule has 0 bridgehead atoms. The van der Waals surface area contributed by atoms with E-state index in [0.29, 0.717) is 24.9 Å². The molecule has 1 saturated heterocycles. The third-order valence-electron chi connectivity index (χ3n) is 6.09. The molecule has 8 nitrogen and oxygen atoms in total. The molecule has 4 rings (SSSR count). The molecule has 1 aromatic carbocycles. The molecule has 2 aromatic heterocycles. The predicted molar refractivity (Wildman–Crippen MR) is 133 cm³/mol. The van der Waals surface area contributed by atoms with E-state index >= 15 is 0 Å². The monoisotopic (exact) mass is 483 g/mol. The average Bonchev–Trinajstić information content (AvgIpc) is 3.47. The first-order valence-electron chi connectivity index (χ1n) is 11.6. The van der Waals surface area contributed by atoms with Crippen LogP contribution in [0.2, 0.25) is 0 Å². The summed E-state index contributed by atoms with van der Waals surface area (Å²) in [4.78, 5) is 17.0. The van der Waals surface area contributed by atoms with Gasteiger partial charge in [0.25, 0.3) is 0 Å². The first-order valence-corrected chi connectivity index (χ1v) is 12.6. The summed E-state index contributed by atoms with van der Waals surface area (Å²) in [6.45, 7) is 7.47. The van der Waals surface area contributed by atoms with E-state index < -0.39 is 0 Å². The maximum absolute atomic E-state index is 12.9. The average molecular weight is 484 g/mol. The number of hydrogen-bond acceptors (Lipinski definition) is 7. The fourth-order valence-corrected chi connectivity index (χ4v) is 5.43. The van der Waals surface area contributed by atoms with Crippen molar-refractivity contribution < 1.29 is 13.9 Å². The van der Waals surface area contributed by atoms with E-state index in [9.17, 15) is 4.79 Å². The van der Waals surface area contributed by atoms with E-state index in [1.807, 2.05) is 43.4 Å². The number of piperidine rings is 1. The number of para-hydroxylation sites is 1. The number of anilines is 1. The number of methoxy groups -OCH3 is 1. The zero-order valence-corrected chi connectivity index (χ0v) is 21.1. The Morgan fingerprint density at radius 2 is 1.94 bits per heavy atom. The Kier molecular flexibility index (Phi) is 7.82. The van der Waals surface area contributed by atoms with Gasteiger partial charge in [-0.1, -0.05) is 43.8 Å². The zero-order chi connectivity index (χ0) is 24.1. The molecular formula is C25H33N5O3S. The van der Waals surface area contributed by atoms with Gasteiger partial charge in [-0.3, -0.25) is 9.36 Å². The molecule has 34 heavy (non-hydrogen) atoms. The second kappa shape index (κ2) is 11.0. The molecule has 2 unspecified atom stereocenters. The lowest BCUT2D eigenvalue weighted by Crippen LogP contribution is -2.40.